The van der Waals surface area contributed by atoms with Crippen molar-refractivity contribution in [1.82, 2.24) is 5.32 Å². The maximum absolute atomic E-state index is 11.7. The fourth-order valence-corrected chi connectivity index (χ4v) is 2.01. The predicted molar refractivity (Wildman–Crippen MR) is 87.0 cm³/mol. The number of hydrogen-bond donors (Lipinski definition) is 2. The van der Waals surface area contributed by atoms with Crippen molar-refractivity contribution in [3.63, 3.8) is 0 Å². The lowest BCUT2D eigenvalue weighted by Gasteiger charge is -2.14. The number of hydrogen-bond acceptors (Lipinski definition) is 2. The van der Waals surface area contributed by atoms with Crippen LogP contribution in [-0.2, 0) is 11.2 Å². The molecule has 0 heterocycles. The summed E-state index contributed by atoms with van der Waals surface area (Å²) in [4.78, 5) is 11.7. The monoisotopic (exact) mass is 289 g/mol. The Morgan fingerprint density at radius 3 is 2.57 bits per heavy atom. The summed E-state index contributed by atoms with van der Waals surface area (Å²) in [5.41, 5.74) is 2.35. The van der Waals surface area contributed by atoms with Crippen LogP contribution in [0.1, 0.15) is 39.2 Å². The fraction of sp³-hybridized carbons (Fsp3) is 0.500. The highest BCUT2D eigenvalue weighted by Gasteiger charge is 2.08. The van der Waals surface area contributed by atoms with Crippen LogP contribution in [0, 0.1) is 5.92 Å². The third-order valence-electron chi connectivity index (χ3n) is 3.54. The van der Waals surface area contributed by atoms with Gasteiger partial charge in [0.1, 0.15) is 0 Å². The number of rotatable bonds is 8. The van der Waals surface area contributed by atoms with E-state index in [0.29, 0.717) is 13.0 Å². The first-order valence-corrected chi connectivity index (χ1v) is 7.66. The van der Waals surface area contributed by atoms with Crippen LogP contribution < -0.4 is 5.32 Å². The Balaban J connectivity index is 2.28. The molecule has 3 nitrogen and oxygen atoms in total. The largest absolute Gasteiger partial charge is 0.393 e. The lowest BCUT2D eigenvalue weighted by Crippen LogP contribution is -2.27. The Hall–Kier alpha value is -1.61. The Labute approximate surface area is 128 Å². The number of carbonyl (C=O) groups is 1. The summed E-state index contributed by atoms with van der Waals surface area (Å²) in [6.45, 7) is 6.44. The Morgan fingerprint density at radius 1 is 1.29 bits per heavy atom. The minimum Gasteiger partial charge on any atom is -0.393 e. The van der Waals surface area contributed by atoms with Crippen LogP contribution in [-0.4, -0.2) is 23.7 Å². The van der Waals surface area contributed by atoms with Gasteiger partial charge in [0.15, 0.2) is 0 Å². The van der Waals surface area contributed by atoms with Crippen LogP contribution >= 0.6 is 0 Å². The Kier molecular flexibility index (Phi) is 7.76. The van der Waals surface area contributed by atoms with E-state index >= 15 is 0 Å². The summed E-state index contributed by atoms with van der Waals surface area (Å²) in [7, 11) is 0. The van der Waals surface area contributed by atoms with E-state index in [9.17, 15) is 9.90 Å². The van der Waals surface area contributed by atoms with Crippen molar-refractivity contribution in [3.8, 4) is 0 Å². The summed E-state index contributed by atoms with van der Waals surface area (Å²) < 4.78 is 0. The lowest BCUT2D eigenvalue weighted by molar-refractivity contribution is -0.116. The highest BCUT2D eigenvalue weighted by molar-refractivity contribution is 5.88. The number of allylic oxidation sites excluding steroid dienone is 1. The van der Waals surface area contributed by atoms with Crippen LogP contribution in [0.5, 0.6) is 0 Å². The van der Waals surface area contributed by atoms with E-state index in [-0.39, 0.29) is 17.9 Å². The molecule has 2 N–H and O–H groups in total. The van der Waals surface area contributed by atoms with E-state index in [1.165, 1.54) is 5.56 Å². The van der Waals surface area contributed by atoms with Crippen LogP contribution in [0.4, 0.5) is 0 Å². The Morgan fingerprint density at radius 2 is 1.95 bits per heavy atom. The first-order chi connectivity index (χ1) is 9.99. The molecule has 0 saturated heterocycles. The molecule has 0 aliphatic rings. The molecule has 116 valence electrons. The van der Waals surface area contributed by atoms with Crippen molar-refractivity contribution in [2.24, 2.45) is 5.92 Å². The van der Waals surface area contributed by atoms with Crippen LogP contribution in [0.25, 0.3) is 0 Å². The number of benzene rings is 1. The quantitative estimate of drug-likeness (QED) is 0.723. The molecular weight excluding hydrogens is 262 g/mol. The molecule has 0 aliphatic carbocycles. The summed E-state index contributed by atoms with van der Waals surface area (Å²) in [6.07, 6.45) is 3.73. The van der Waals surface area contributed by atoms with E-state index in [1.807, 2.05) is 39.0 Å². The van der Waals surface area contributed by atoms with Gasteiger partial charge in [-0.05, 0) is 37.7 Å². The van der Waals surface area contributed by atoms with Crippen molar-refractivity contribution >= 4 is 5.91 Å². The molecule has 1 atom stereocenters. The standard InChI is InChI=1S/C18H27NO2/c1-14(2)17(20)11-12-19-18(21)13-15(3)9-10-16-7-5-4-6-8-16/h4-8,13-14,17,20H,9-12H2,1-3H3,(H,19,21). The SMILES string of the molecule is CC(=CC(=O)NCCC(O)C(C)C)CCc1ccccc1. The molecular formula is C18H27NO2. The van der Waals surface area contributed by atoms with Gasteiger partial charge in [0.25, 0.3) is 0 Å². The lowest BCUT2D eigenvalue weighted by atomic mass is 10.0. The third kappa shape index (κ3) is 7.66. The molecule has 0 aromatic heterocycles. The minimum absolute atomic E-state index is 0.0727. The first-order valence-electron chi connectivity index (χ1n) is 7.66. The van der Waals surface area contributed by atoms with Gasteiger partial charge in [-0.15, -0.1) is 0 Å². The van der Waals surface area contributed by atoms with Crippen molar-refractivity contribution in [2.45, 2.75) is 46.1 Å². The average molecular weight is 289 g/mol. The molecule has 1 aromatic carbocycles. The maximum atomic E-state index is 11.7. The van der Waals surface area contributed by atoms with Crippen molar-refractivity contribution in [3.05, 3.63) is 47.5 Å². The minimum atomic E-state index is -0.353. The van der Waals surface area contributed by atoms with Gasteiger partial charge in [0, 0.05) is 12.6 Å². The molecule has 1 aromatic rings. The van der Waals surface area contributed by atoms with Crippen molar-refractivity contribution in [2.75, 3.05) is 6.54 Å². The Bertz CT molecular complexity index is 452. The van der Waals surface area contributed by atoms with Gasteiger partial charge >= 0.3 is 0 Å². The zero-order valence-electron chi connectivity index (χ0n) is 13.3. The van der Waals surface area contributed by atoms with Gasteiger partial charge in [-0.1, -0.05) is 49.8 Å². The molecule has 0 bridgehead atoms. The number of nitrogens with one attached hydrogen (secondary N) is 1. The maximum Gasteiger partial charge on any atom is 0.243 e. The normalized spacial score (nSPS) is 13.3. The number of amides is 1. The molecule has 3 heteroatoms. The van der Waals surface area contributed by atoms with E-state index in [0.717, 1.165) is 18.4 Å². The second kappa shape index (κ2) is 9.35. The molecule has 1 unspecified atom stereocenters. The van der Waals surface area contributed by atoms with E-state index in [1.54, 1.807) is 6.08 Å². The molecule has 0 aliphatic heterocycles. The third-order valence-corrected chi connectivity index (χ3v) is 3.54. The van der Waals surface area contributed by atoms with Crippen molar-refractivity contribution in [1.29, 1.82) is 0 Å². The van der Waals surface area contributed by atoms with Crippen LogP contribution in [0.15, 0.2) is 42.0 Å². The van der Waals surface area contributed by atoms with E-state index in [4.69, 9.17) is 0 Å². The van der Waals surface area contributed by atoms with Gasteiger partial charge < -0.3 is 10.4 Å². The van der Waals surface area contributed by atoms with Gasteiger partial charge in [-0.2, -0.15) is 0 Å². The topological polar surface area (TPSA) is 49.3 Å². The van der Waals surface area contributed by atoms with Gasteiger partial charge in [0.2, 0.25) is 5.91 Å². The number of aliphatic hydroxyl groups excluding tert-OH is 1. The zero-order valence-corrected chi connectivity index (χ0v) is 13.3. The molecule has 0 saturated carbocycles. The number of carbonyl (C=O) groups excluding carboxylic acids is 1. The zero-order chi connectivity index (χ0) is 15.7. The van der Waals surface area contributed by atoms with Crippen LogP contribution in [0.3, 0.4) is 0 Å². The van der Waals surface area contributed by atoms with Gasteiger partial charge in [-0.25, -0.2) is 0 Å². The van der Waals surface area contributed by atoms with E-state index in [2.05, 4.69) is 17.4 Å². The molecule has 0 radical (unpaired) electrons. The second-order valence-electron chi connectivity index (χ2n) is 5.87. The second-order valence-corrected chi connectivity index (χ2v) is 5.87. The van der Waals surface area contributed by atoms with E-state index < -0.39 is 0 Å². The summed E-state index contributed by atoms with van der Waals surface area (Å²) in [6, 6.07) is 10.3. The fourth-order valence-electron chi connectivity index (χ4n) is 2.01. The average Bonchev–Trinajstić information content (AvgIpc) is 2.46. The highest BCUT2D eigenvalue weighted by atomic mass is 16.3. The van der Waals surface area contributed by atoms with Crippen LogP contribution in [0.2, 0.25) is 0 Å². The molecule has 21 heavy (non-hydrogen) atoms. The summed E-state index contributed by atoms with van der Waals surface area (Å²) >= 11 is 0. The highest BCUT2D eigenvalue weighted by Crippen LogP contribution is 2.08. The van der Waals surface area contributed by atoms with Crippen molar-refractivity contribution < 1.29 is 9.90 Å². The molecule has 0 fully saturated rings. The smallest absolute Gasteiger partial charge is 0.243 e. The molecule has 1 amide bonds. The first kappa shape index (κ1) is 17.4. The summed E-state index contributed by atoms with van der Waals surface area (Å²) in [5, 5.41) is 12.5. The summed E-state index contributed by atoms with van der Waals surface area (Å²) in [5.74, 6) is 0.154. The molecule has 1 rings (SSSR count). The van der Waals surface area contributed by atoms with Gasteiger partial charge in [-0.3, -0.25) is 4.79 Å². The molecule has 0 spiro atoms. The van der Waals surface area contributed by atoms with Gasteiger partial charge in [0.05, 0.1) is 6.10 Å². The number of aliphatic hydroxyl groups is 1. The predicted octanol–water partition coefficient (Wildman–Crippen LogP) is 3.09. The number of aryl methyl sites for hydroxylation is 1.